The summed E-state index contributed by atoms with van der Waals surface area (Å²) >= 11 is 3.26. The van der Waals surface area contributed by atoms with Crippen molar-refractivity contribution in [2.75, 3.05) is 0 Å². The molecule has 0 radical (unpaired) electrons. The summed E-state index contributed by atoms with van der Waals surface area (Å²) in [5.74, 6) is 0. The number of aliphatic hydroxyl groups excluding tert-OH is 1. The Morgan fingerprint density at radius 3 is 2.68 bits per heavy atom. The lowest BCUT2D eigenvalue weighted by Gasteiger charge is -2.10. The van der Waals surface area contributed by atoms with Crippen molar-refractivity contribution >= 4 is 27.0 Å². The molecular weight excluding hydrogens is 310 g/mol. The van der Waals surface area contributed by atoms with Crippen molar-refractivity contribution in [3.8, 4) is 0 Å². The number of benzene rings is 1. The average molecular weight is 320 g/mol. The van der Waals surface area contributed by atoms with Crippen LogP contribution in [0, 0.1) is 0 Å². The Kier molecular flexibility index (Phi) is 3.00. The van der Waals surface area contributed by atoms with E-state index >= 15 is 0 Å². The smallest absolute Gasteiger partial charge is 0.154 e. The molecule has 19 heavy (non-hydrogen) atoms. The number of para-hydroxylation sites is 2. The van der Waals surface area contributed by atoms with Gasteiger partial charge < -0.3 is 5.11 Å². The number of aryl methyl sites for hydroxylation is 1. The van der Waals surface area contributed by atoms with E-state index in [9.17, 15) is 5.11 Å². The Morgan fingerprint density at radius 2 is 2.00 bits per heavy atom. The predicted molar refractivity (Wildman–Crippen MR) is 72.3 cm³/mol. The van der Waals surface area contributed by atoms with Gasteiger partial charge in [-0.15, -0.1) is 5.10 Å². The lowest BCUT2D eigenvalue weighted by molar-refractivity contribution is 0.204. The van der Waals surface area contributed by atoms with Crippen LogP contribution >= 0.6 is 15.9 Å². The van der Waals surface area contributed by atoms with Crippen LogP contribution in [0.5, 0.6) is 0 Å². The monoisotopic (exact) mass is 319 g/mol. The lowest BCUT2D eigenvalue weighted by atomic mass is 10.2. The molecule has 96 valence electrons. The molecule has 3 aromatic rings. The average Bonchev–Trinajstić information content (AvgIpc) is 2.77. The minimum Gasteiger partial charge on any atom is -0.380 e. The molecule has 0 saturated heterocycles. The van der Waals surface area contributed by atoms with Crippen LogP contribution in [0.4, 0.5) is 0 Å². The number of aromatic nitrogens is 5. The topological polar surface area (TPSA) is 76.7 Å². The van der Waals surface area contributed by atoms with E-state index in [1.165, 1.54) is 4.68 Å². The first-order valence-electron chi connectivity index (χ1n) is 5.61. The molecule has 1 atom stereocenters. The minimum atomic E-state index is -0.925. The van der Waals surface area contributed by atoms with Crippen LogP contribution in [0.1, 0.15) is 17.5 Å². The van der Waals surface area contributed by atoms with Gasteiger partial charge in [-0.1, -0.05) is 17.3 Å². The summed E-state index contributed by atoms with van der Waals surface area (Å²) in [5.41, 5.74) is 2.54. The summed E-state index contributed by atoms with van der Waals surface area (Å²) in [6.45, 7) is 0. The third kappa shape index (κ3) is 2.11. The van der Waals surface area contributed by atoms with E-state index in [4.69, 9.17) is 0 Å². The van der Waals surface area contributed by atoms with Crippen molar-refractivity contribution < 1.29 is 5.11 Å². The zero-order valence-electron chi connectivity index (χ0n) is 10.0. The van der Waals surface area contributed by atoms with Crippen molar-refractivity contribution in [3.05, 3.63) is 46.5 Å². The zero-order valence-corrected chi connectivity index (χ0v) is 11.6. The van der Waals surface area contributed by atoms with E-state index < -0.39 is 6.10 Å². The van der Waals surface area contributed by atoms with Gasteiger partial charge >= 0.3 is 0 Å². The number of hydrogen-bond donors (Lipinski definition) is 1. The minimum absolute atomic E-state index is 0.463. The number of rotatable bonds is 2. The standard InChI is InChI=1S/C12H10BrN5O/c1-18-10(12(13)16-17-18)11(19)9-6-14-7-4-2-3-5-8(7)15-9/h2-6,11,19H,1H3. The molecule has 3 rings (SSSR count). The molecule has 0 amide bonds. The molecule has 0 aliphatic heterocycles. The van der Waals surface area contributed by atoms with Crippen molar-refractivity contribution in [2.45, 2.75) is 6.10 Å². The molecule has 2 heterocycles. The Labute approximate surface area is 117 Å². The predicted octanol–water partition coefficient (Wildman–Crippen LogP) is 1.60. The summed E-state index contributed by atoms with van der Waals surface area (Å²) < 4.78 is 2.00. The van der Waals surface area contributed by atoms with Crippen LogP contribution in [0.15, 0.2) is 35.1 Å². The second-order valence-corrected chi connectivity index (χ2v) is 4.83. The van der Waals surface area contributed by atoms with Gasteiger partial charge in [0, 0.05) is 7.05 Å². The fourth-order valence-corrected chi connectivity index (χ4v) is 2.42. The van der Waals surface area contributed by atoms with Gasteiger partial charge in [0.15, 0.2) is 4.60 Å². The number of fused-ring (bicyclic) bond motifs is 1. The third-order valence-corrected chi connectivity index (χ3v) is 3.40. The Hall–Kier alpha value is -1.86. The van der Waals surface area contributed by atoms with E-state index in [2.05, 4.69) is 36.2 Å². The summed E-state index contributed by atoms with van der Waals surface area (Å²) in [7, 11) is 1.71. The van der Waals surface area contributed by atoms with Gasteiger partial charge in [0.05, 0.1) is 22.9 Å². The van der Waals surface area contributed by atoms with Gasteiger partial charge in [-0.25, -0.2) is 9.67 Å². The zero-order chi connectivity index (χ0) is 13.4. The SMILES string of the molecule is Cn1nnc(Br)c1C(O)c1cnc2ccccc2n1. The fraction of sp³-hybridized carbons (Fsp3) is 0.167. The summed E-state index contributed by atoms with van der Waals surface area (Å²) in [5, 5.41) is 18.1. The van der Waals surface area contributed by atoms with Crippen LogP contribution < -0.4 is 0 Å². The highest BCUT2D eigenvalue weighted by molar-refractivity contribution is 9.10. The molecule has 1 N–H and O–H groups in total. The van der Waals surface area contributed by atoms with Gasteiger partial charge in [-0.05, 0) is 28.1 Å². The third-order valence-electron chi connectivity index (χ3n) is 2.83. The van der Waals surface area contributed by atoms with Crippen molar-refractivity contribution in [1.82, 2.24) is 25.0 Å². The van der Waals surface area contributed by atoms with E-state index in [-0.39, 0.29) is 0 Å². The first kappa shape index (κ1) is 12.2. The molecule has 0 aliphatic carbocycles. The Bertz CT molecular complexity index is 722. The molecule has 0 bridgehead atoms. The number of nitrogens with zero attached hydrogens (tertiary/aromatic N) is 5. The van der Waals surface area contributed by atoms with Crippen molar-refractivity contribution in [1.29, 1.82) is 0 Å². The molecule has 1 unspecified atom stereocenters. The molecule has 0 saturated carbocycles. The van der Waals surface area contributed by atoms with Gasteiger partial charge in [0.25, 0.3) is 0 Å². The second-order valence-electron chi connectivity index (χ2n) is 4.08. The lowest BCUT2D eigenvalue weighted by Crippen LogP contribution is -2.09. The van der Waals surface area contributed by atoms with Gasteiger partial charge in [0.1, 0.15) is 11.8 Å². The van der Waals surface area contributed by atoms with Crippen LogP contribution in [0.25, 0.3) is 11.0 Å². The summed E-state index contributed by atoms with van der Waals surface area (Å²) in [6, 6.07) is 7.51. The molecule has 1 aromatic carbocycles. The number of hydrogen-bond acceptors (Lipinski definition) is 5. The van der Waals surface area contributed by atoms with E-state index in [1.807, 2.05) is 24.3 Å². The molecular formula is C12H10BrN5O. The first-order valence-corrected chi connectivity index (χ1v) is 6.41. The maximum absolute atomic E-state index is 10.4. The molecule has 0 spiro atoms. The van der Waals surface area contributed by atoms with Crippen LogP contribution in [0.3, 0.4) is 0 Å². The first-order chi connectivity index (χ1) is 9.16. The maximum atomic E-state index is 10.4. The summed E-state index contributed by atoms with van der Waals surface area (Å²) in [6.07, 6.45) is 0.637. The Balaban J connectivity index is 2.09. The largest absolute Gasteiger partial charge is 0.380 e. The number of aliphatic hydroxyl groups is 1. The fourth-order valence-electron chi connectivity index (χ4n) is 1.87. The highest BCUT2D eigenvalue weighted by atomic mass is 79.9. The quantitative estimate of drug-likeness (QED) is 0.776. The highest BCUT2D eigenvalue weighted by Crippen LogP contribution is 2.25. The van der Waals surface area contributed by atoms with E-state index in [0.29, 0.717) is 16.0 Å². The van der Waals surface area contributed by atoms with Crippen molar-refractivity contribution in [3.63, 3.8) is 0 Å². The second kappa shape index (κ2) is 4.67. The van der Waals surface area contributed by atoms with Crippen molar-refractivity contribution in [2.24, 2.45) is 7.05 Å². The number of halogens is 1. The van der Waals surface area contributed by atoms with Crippen LogP contribution in [-0.4, -0.2) is 30.1 Å². The molecule has 0 aliphatic rings. The van der Waals surface area contributed by atoms with Gasteiger partial charge in [-0.2, -0.15) is 0 Å². The molecule has 7 heteroatoms. The van der Waals surface area contributed by atoms with Crippen LogP contribution in [-0.2, 0) is 7.05 Å². The normalized spacial score (nSPS) is 12.8. The van der Waals surface area contributed by atoms with E-state index in [0.717, 1.165) is 11.0 Å². The van der Waals surface area contributed by atoms with Gasteiger partial charge in [-0.3, -0.25) is 4.98 Å². The van der Waals surface area contributed by atoms with Crippen LogP contribution in [0.2, 0.25) is 0 Å². The van der Waals surface area contributed by atoms with Gasteiger partial charge in [0.2, 0.25) is 0 Å². The molecule has 0 fully saturated rings. The van der Waals surface area contributed by atoms with E-state index in [1.54, 1.807) is 13.2 Å². The molecule has 2 aromatic heterocycles. The summed E-state index contributed by atoms with van der Waals surface area (Å²) in [4.78, 5) is 8.69. The molecule has 6 nitrogen and oxygen atoms in total. The maximum Gasteiger partial charge on any atom is 0.154 e. The highest BCUT2D eigenvalue weighted by Gasteiger charge is 2.21. The Morgan fingerprint density at radius 1 is 1.26 bits per heavy atom.